The average molecular weight is 335 g/mol. The minimum absolute atomic E-state index is 0.162. The van der Waals surface area contributed by atoms with E-state index in [4.69, 9.17) is 5.73 Å². The van der Waals surface area contributed by atoms with Crippen LogP contribution in [-0.4, -0.2) is 22.1 Å². The molecule has 2 aromatic rings. The zero-order valence-electron chi connectivity index (χ0n) is 11.6. The summed E-state index contributed by atoms with van der Waals surface area (Å²) in [5.74, 6) is 1.13. The van der Waals surface area contributed by atoms with E-state index in [1.165, 1.54) is 11.3 Å². The van der Waals surface area contributed by atoms with E-state index in [-0.39, 0.29) is 6.04 Å². The molecular weight excluding hydrogens is 316 g/mol. The normalized spacial score (nSPS) is 16.1. The largest absolute Gasteiger partial charge is 0.362 e. The first-order valence-corrected chi connectivity index (χ1v) is 7.72. The lowest BCUT2D eigenvalue weighted by Gasteiger charge is -2.31. The Hall–Kier alpha value is -1.33. The first kappa shape index (κ1) is 13.6. The molecule has 4 nitrogen and oxygen atoms in total. The maximum Gasteiger partial charge on any atom is 0.128 e. The van der Waals surface area contributed by atoms with Gasteiger partial charge in [-0.05, 0) is 37.1 Å². The second-order valence-corrected chi connectivity index (χ2v) is 6.33. The third-order valence-electron chi connectivity index (χ3n) is 3.67. The summed E-state index contributed by atoms with van der Waals surface area (Å²) in [6.07, 6.45) is 4.82. The molecule has 2 N–H and O–H groups in total. The maximum atomic E-state index is 5.98. The van der Waals surface area contributed by atoms with Gasteiger partial charge < -0.3 is 15.2 Å². The van der Waals surface area contributed by atoms with Gasteiger partial charge >= 0.3 is 0 Å². The van der Waals surface area contributed by atoms with Gasteiger partial charge in [0, 0.05) is 41.7 Å². The highest BCUT2D eigenvalue weighted by Gasteiger charge is 2.19. The van der Waals surface area contributed by atoms with Crippen LogP contribution < -0.4 is 10.6 Å². The van der Waals surface area contributed by atoms with Gasteiger partial charge in [-0.1, -0.05) is 15.9 Å². The summed E-state index contributed by atoms with van der Waals surface area (Å²) in [7, 11) is 0. The van der Waals surface area contributed by atoms with Crippen molar-refractivity contribution in [3.8, 4) is 0 Å². The number of benzene rings is 1. The molecule has 0 spiro atoms. The number of imidazole rings is 1. The van der Waals surface area contributed by atoms with Crippen LogP contribution in [-0.2, 0) is 19.5 Å². The lowest BCUT2D eigenvalue weighted by molar-refractivity contribution is 0.558. The van der Waals surface area contributed by atoms with Gasteiger partial charge in [0.2, 0.25) is 0 Å². The van der Waals surface area contributed by atoms with E-state index in [9.17, 15) is 0 Å². The molecule has 1 aliphatic rings. The van der Waals surface area contributed by atoms with Crippen LogP contribution in [0.2, 0.25) is 0 Å². The number of rotatable bonds is 3. The molecule has 0 bridgehead atoms. The Morgan fingerprint density at radius 3 is 3.05 bits per heavy atom. The topological polar surface area (TPSA) is 47.1 Å². The predicted molar refractivity (Wildman–Crippen MR) is 84.8 cm³/mol. The number of anilines is 1. The molecule has 0 aliphatic carbocycles. The quantitative estimate of drug-likeness (QED) is 0.938. The average Bonchev–Trinajstić information content (AvgIpc) is 2.85. The summed E-state index contributed by atoms with van der Waals surface area (Å²) in [6.45, 7) is 4.91. The molecule has 3 rings (SSSR count). The fraction of sp³-hybridized carbons (Fsp3) is 0.400. The van der Waals surface area contributed by atoms with Crippen LogP contribution in [0.25, 0.3) is 0 Å². The van der Waals surface area contributed by atoms with Crippen molar-refractivity contribution in [1.82, 2.24) is 9.55 Å². The van der Waals surface area contributed by atoms with Crippen molar-refractivity contribution in [1.29, 1.82) is 0 Å². The van der Waals surface area contributed by atoms with Crippen LogP contribution in [0.3, 0.4) is 0 Å². The highest BCUT2D eigenvalue weighted by molar-refractivity contribution is 9.10. The van der Waals surface area contributed by atoms with Gasteiger partial charge in [0.1, 0.15) is 5.82 Å². The molecule has 1 atom stereocenters. The Morgan fingerprint density at radius 2 is 2.25 bits per heavy atom. The predicted octanol–water partition coefficient (Wildman–Crippen LogP) is 2.56. The van der Waals surface area contributed by atoms with Crippen LogP contribution in [0.5, 0.6) is 0 Å². The summed E-state index contributed by atoms with van der Waals surface area (Å²) >= 11 is 3.55. The molecule has 2 heterocycles. The van der Waals surface area contributed by atoms with Crippen molar-refractivity contribution in [3.63, 3.8) is 0 Å². The van der Waals surface area contributed by atoms with Crippen molar-refractivity contribution in [2.24, 2.45) is 5.73 Å². The molecule has 5 heteroatoms. The third kappa shape index (κ3) is 2.74. The molecule has 0 saturated heterocycles. The van der Waals surface area contributed by atoms with Gasteiger partial charge in [0.25, 0.3) is 0 Å². The standard InChI is InChI=1S/C15H19BrN4/c1-11(17)8-12-9-13(16)2-3-14(12)20-7-6-19-5-4-18-15(19)10-20/h2-5,9,11H,6-8,10,17H2,1H3. The fourth-order valence-corrected chi connectivity index (χ4v) is 3.16. The number of halogens is 1. The summed E-state index contributed by atoms with van der Waals surface area (Å²) < 4.78 is 3.33. The SMILES string of the molecule is CC(N)Cc1cc(Br)ccc1N1CCn2ccnc2C1. The molecule has 1 aromatic carbocycles. The fourth-order valence-electron chi connectivity index (χ4n) is 2.75. The van der Waals surface area contributed by atoms with Gasteiger partial charge in [0.05, 0.1) is 6.54 Å². The third-order valence-corrected chi connectivity index (χ3v) is 4.16. The van der Waals surface area contributed by atoms with Crippen LogP contribution in [0.1, 0.15) is 18.3 Å². The number of nitrogens with two attached hydrogens (primary N) is 1. The van der Waals surface area contributed by atoms with Crippen LogP contribution in [0.15, 0.2) is 35.1 Å². The van der Waals surface area contributed by atoms with E-state index in [1.807, 2.05) is 13.1 Å². The van der Waals surface area contributed by atoms with Gasteiger partial charge in [0.15, 0.2) is 0 Å². The molecule has 1 aliphatic heterocycles. The molecule has 1 unspecified atom stereocenters. The maximum absolute atomic E-state index is 5.98. The van der Waals surface area contributed by atoms with Crippen molar-refractivity contribution < 1.29 is 0 Å². The molecule has 1 aromatic heterocycles. The van der Waals surface area contributed by atoms with Crippen LogP contribution >= 0.6 is 15.9 Å². The van der Waals surface area contributed by atoms with E-state index in [0.717, 1.165) is 36.4 Å². The molecular formula is C15H19BrN4. The smallest absolute Gasteiger partial charge is 0.128 e. The summed E-state index contributed by atoms with van der Waals surface area (Å²) in [5.41, 5.74) is 8.56. The summed E-state index contributed by atoms with van der Waals surface area (Å²) in [4.78, 5) is 6.82. The van der Waals surface area contributed by atoms with Crippen LogP contribution in [0, 0.1) is 0 Å². The van der Waals surface area contributed by atoms with Crippen molar-refractivity contribution in [2.75, 3.05) is 11.4 Å². The second-order valence-electron chi connectivity index (χ2n) is 5.41. The van der Waals surface area contributed by atoms with Gasteiger partial charge in [-0.2, -0.15) is 0 Å². The number of nitrogens with zero attached hydrogens (tertiary/aromatic N) is 3. The zero-order valence-corrected chi connectivity index (χ0v) is 13.2. The van der Waals surface area contributed by atoms with E-state index >= 15 is 0 Å². The number of hydrogen-bond acceptors (Lipinski definition) is 3. The van der Waals surface area contributed by atoms with Gasteiger partial charge in [-0.25, -0.2) is 4.98 Å². The number of hydrogen-bond donors (Lipinski definition) is 1. The van der Waals surface area contributed by atoms with Crippen molar-refractivity contribution >= 4 is 21.6 Å². The lowest BCUT2D eigenvalue weighted by Crippen LogP contribution is -2.34. The first-order valence-electron chi connectivity index (χ1n) is 6.92. The van der Waals surface area contributed by atoms with Gasteiger partial charge in [-0.3, -0.25) is 0 Å². The van der Waals surface area contributed by atoms with E-state index in [2.05, 4.69) is 54.8 Å². The first-order chi connectivity index (χ1) is 9.63. The van der Waals surface area contributed by atoms with E-state index in [1.54, 1.807) is 0 Å². The van der Waals surface area contributed by atoms with Crippen LogP contribution in [0.4, 0.5) is 5.69 Å². The Bertz CT molecular complexity index is 606. The lowest BCUT2D eigenvalue weighted by atomic mass is 10.0. The van der Waals surface area contributed by atoms with E-state index < -0.39 is 0 Å². The highest BCUT2D eigenvalue weighted by Crippen LogP contribution is 2.28. The second kappa shape index (κ2) is 5.58. The highest BCUT2D eigenvalue weighted by atomic mass is 79.9. The van der Waals surface area contributed by atoms with Gasteiger partial charge in [-0.15, -0.1) is 0 Å². The molecule has 20 heavy (non-hydrogen) atoms. The molecule has 106 valence electrons. The Morgan fingerprint density at radius 1 is 1.40 bits per heavy atom. The zero-order chi connectivity index (χ0) is 14.1. The molecule has 0 amide bonds. The summed E-state index contributed by atoms with van der Waals surface area (Å²) in [6, 6.07) is 6.62. The Labute approximate surface area is 127 Å². The number of aromatic nitrogens is 2. The minimum Gasteiger partial charge on any atom is -0.362 e. The molecule has 0 fully saturated rings. The molecule has 0 saturated carbocycles. The minimum atomic E-state index is 0.162. The van der Waals surface area contributed by atoms with E-state index in [0.29, 0.717) is 0 Å². The Balaban J connectivity index is 1.90. The number of fused-ring (bicyclic) bond motifs is 1. The Kier molecular flexibility index (Phi) is 3.81. The molecule has 0 radical (unpaired) electrons. The summed E-state index contributed by atoms with van der Waals surface area (Å²) in [5, 5.41) is 0. The monoisotopic (exact) mass is 334 g/mol. The van der Waals surface area contributed by atoms with Crippen molar-refractivity contribution in [2.45, 2.75) is 32.5 Å². The van der Waals surface area contributed by atoms with Crippen molar-refractivity contribution in [3.05, 3.63) is 46.5 Å².